The minimum atomic E-state index is -0.207. The molecule has 1 heterocycles. The van der Waals surface area contributed by atoms with Crippen LogP contribution in [0.25, 0.3) is 0 Å². The van der Waals surface area contributed by atoms with Crippen LogP contribution in [0.1, 0.15) is 0 Å². The second-order valence-electron chi connectivity index (χ2n) is 5.48. The number of benzene rings is 1. The molecule has 0 radical (unpaired) electrons. The highest BCUT2D eigenvalue weighted by Crippen LogP contribution is 2.25. The van der Waals surface area contributed by atoms with Crippen LogP contribution < -0.4 is 10.2 Å². The van der Waals surface area contributed by atoms with Crippen LogP contribution in [-0.4, -0.2) is 63.2 Å². The Bertz CT molecular complexity index is 577. The molecule has 1 unspecified atom stereocenters. The van der Waals surface area contributed by atoms with Crippen molar-refractivity contribution in [3.63, 3.8) is 0 Å². The van der Waals surface area contributed by atoms with Gasteiger partial charge >= 0.3 is 0 Å². The predicted molar refractivity (Wildman–Crippen MR) is 89.1 cm³/mol. The number of hydrogen-bond acceptors (Lipinski definition) is 3. The third kappa shape index (κ3) is 5.66. The highest BCUT2D eigenvalue weighted by molar-refractivity contribution is 6.36. The molecule has 8 heteroatoms. The molecular weight excluding hydrogens is 341 g/mol. The standard InChI is InChI=1S/C15H19Cl2N3O3/c1-19(10-15(22)20-4-6-23-7-5-20)9-14(21)18-13-3-2-11(16)8-12(13)17/h2-3,8H,4-7,9-10H2,1H3,(H,18,21)/p+1. The lowest BCUT2D eigenvalue weighted by Crippen LogP contribution is -3.11. The molecule has 23 heavy (non-hydrogen) atoms. The van der Waals surface area contributed by atoms with Crippen LogP contribution in [0.4, 0.5) is 5.69 Å². The molecule has 6 nitrogen and oxygen atoms in total. The van der Waals surface area contributed by atoms with E-state index in [0.29, 0.717) is 42.0 Å². The van der Waals surface area contributed by atoms with Gasteiger partial charge in [0.2, 0.25) is 0 Å². The zero-order valence-corrected chi connectivity index (χ0v) is 14.4. The molecule has 126 valence electrons. The molecule has 0 saturated carbocycles. The van der Waals surface area contributed by atoms with Gasteiger partial charge < -0.3 is 19.9 Å². The van der Waals surface area contributed by atoms with Crippen molar-refractivity contribution in [3.05, 3.63) is 28.2 Å². The second kappa shape index (κ2) is 8.49. The first-order chi connectivity index (χ1) is 11.0. The number of carbonyl (C=O) groups is 2. The maximum atomic E-state index is 12.1. The summed E-state index contributed by atoms with van der Waals surface area (Å²) in [6.07, 6.45) is 0. The minimum absolute atomic E-state index is 0.0307. The number of carbonyl (C=O) groups excluding carboxylic acids is 2. The topological polar surface area (TPSA) is 63.1 Å². The van der Waals surface area contributed by atoms with Gasteiger partial charge in [-0.1, -0.05) is 23.2 Å². The maximum Gasteiger partial charge on any atom is 0.279 e. The number of hydrogen-bond donors (Lipinski definition) is 2. The Kier molecular flexibility index (Phi) is 6.65. The molecule has 2 N–H and O–H groups in total. The number of likely N-dealkylation sites (N-methyl/N-ethyl adjacent to an activating group) is 1. The first kappa shape index (κ1) is 18.0. The fourth-order valence-electron chi connectivity index (χ4n) is 2.30. The Labute approximate surface area is 145 Å². The molecule has 1 aromatic carbocycles. The lowest BCUT2D eigenvalue weighted by molar-refractivity contribution is -0.862. The van der Waals surface area contributed by atoms with Crippen LogP contribution in [0, 0.1) is 0 Å². The van der Waals surface area contributed by atoms with E-state index in [-0.39, 0.29) is 24.9 Å². The average Bonchev–Trinajstić information content (AvgIpc) is 2.50. The number of anilines is 1. The van der Waals surface area contributed by atoms with E-state index in [1.807, 2.05) is 0 Å². The van der Waals surface area contributed by atoms with E-state index in [1.54, 1.807) is 30.1 Å². The van der Waals surface area contributed by atoms with Crippen LogP contribution in [0.15, 0.2) is 18.2 Å². The van der Waals surface area contributed by atoms with Gasteiger partial charge in [-0.2, -0.15) is 0 Å². The Balaban J connectivity index is 1.81. The SMILES string of the molecule is C[NH+](CC(=O)Nc1ccc(Cl)cc1Cl)CC(=O)N1CCOCC1. The van der Waals surface area contributed by atoms with Gasteiger partial charge in [0.15, 0.2) is 13.1 Å². The summed E-state index contributed by atoms with van der Waals surface area (Å²) in [6, 6.07) is 4.87. The normalized spacial score (nSPS) is 16.0. The molecule has 0 aliphatic carbocycles. The molecule has 1 atom stereocenters. The van der Waals surface area contributed by atoms with Crippen molar-refractivity contribution in [1.82, 2.24) is 4.90 Å². The van der Waals surface area contributed by atoms with Gasteiger partial charge in [0.1, 0.15) is 0 Å². The van der Waals surface area contributed by atoms with Gasteiger partial charge in [-0.3, -0.25) is 9.59 Å². The van der Waals surface area contributed by atoms with Gasteiger partial charge in [0.05, 0.1) is 31.0 Å². The fraction of sp³-hybridized carbons (Fsp3) is 0.467. The fourth-order valence-corrected chi connectivity index (χ4v) is 2.76. The number of ether oxygens (including phenoxy) is 1. The first-order valence-corrected chi connectivity index (χ1v) is 8.13. The number of nitrogens with one attached hydrogen (secondary N) is 2. The molecular formula is C15H20Cl2N3O3+. The summed E-state index contributed by atoms with van der Waals surface area (Å²) < 4.78 is 5.22. The Morgan fingerprint density at radius 1 is 1.26 bits per heavy atom. The van der Waals surface area contributed by atoms with Gasteiger partial charge in [-0.05, 0) is 18.2 Å². The average molecular weight is 361 g/mol. The summed E-state index contributed by atoms with van der Waals surface area (Å²) in [6.45, 7) is 2.80. The highest BCUT2D eigenvalue weighted by Gasteiger charge is 2.21. The summed E-state index contributed by atoms with van der Waals surface area (Å²) in [5, 5.41) is 3.61. The van der Waals surface area contributed by atoms with Crippen molar-refractivity contribution < 1.29 is 19.2 Å². The molecule has 1 fully saturated rings. The van der Waals surface area contributed by atoms with Crippen molar-refractivity contribution in [3.8, 4) is 0 Å². The molecule has 1 aliphatic heterocycles. The molecule has 2 amide bonds. The Hall–Kier alpha value is -1.34. The predicted octanol–water partition coefficient (Wildman–Crippen LogP) is 0.305. The Morgan fingerprint density at radius 2 is 1.96 bits per heavy atom. The van der Waals surface area contributed by atoms with Crippen molar-refractivity contribution >= 4 is 40.7 Å². The zero-order chi connectivity index (χ0) is 16.8. The number of morpholine rings is 1. The number of rotatable bonds is 5. The highest BCUT2D eigenvalue weighted by atomic mass is 35.5. The summed E-state index contributed by atoms with van der Waals surface area (Å²) in [5.74, 6) is -0.176. The molecule has 0 aromatic heterocycles. The quantitative estimate of drug-likeness (QED) is 0.794. The molecule has 0 bridgehead atoms. The van der Waals surface area contributed by atoms with Gasteiger partial charge in [0.25, 0.3) is 11.8 Å². The number of halogens is 2. The van der Waals surface area contributed by atoms with E-state index < -0.39 is 0 Å². The van der Waals surface area contributed by atoms with E-state index >= 15 is 0 Å². The largest absolute Gasteiger partial charge is 0.378 e. The number of nitrogens with zero attached hydrogens (tertiary/aromatic N) is 1. The van der Waals surface area contributed by atoms with Crippen LogP contribution in [0.5, 0.6) is 0 Å². The van der Waals surface area contributed by atoms with Crippen LogP contribution in [0.2, 0.25) is 10.0 Å². The molecule has 1 saturated heterocycles. The smallest absolute Gasteiger partial charge is 0.279 e. The minimum Gasteiger partial charge on any atom is -0.378 e. The molecule has 1 aliphatic rings. The summed E-state index contributed by atoms with van der Waals surface area (Å²) in [4.78, 5) is 26.7. The lowest BCUT2D eigenvalue weighted by atomic mass is 10.3. The summed E-state index contributed by atoms with van der Waals surface area (Å²) in [7, 11) is 1.81. The molecule has 1 aromatic rings. The van der Waals surface area contributed by atoms with Crippen LogP contribution in [-0.2, 0) is 14.3 Å². The van der Waals surface area contributed by atoms with E-state index in [4.69, 9.17) is 27.9 Å². The van der Waals surface area contributed by atoms with Crippen molar-refractivity contribution in [2.75, 3.05) is 51.8 Å². The van der Waals surface area contributed by atoms with E-state index in [9.17, 15) is 9.59 Å². The Morgan fingerprint density at radius 3 is 2.61 bits per heavy atom. The zero-order valence-electron chi connectivity index (χ0n) is 12.9. The third-order valence-electron chi connectivity index (χ3n) is 3.48. The van der Waals surface area contributed by atoms with Crippen LogP contribution >= 0.6 is 23.2 Å². The van der Waals surface area contributed by atoms with E-state index in [1.165, 1.54) is 0 Å². The van der Waals surface area contributed by atoms with Gasteiger partial charge in [0, 0.05) is 18.1 Å². The lowest BCUT2D eigenvalue weighted by Gasteiger charge is -2.27. The molecule has 0 spiro atoms. The number of amides is 2. The monoisotopic (exact) mass is 360 g/mol. The summed E-state index contributed by atoms with van der Waals surface area (Å²) >= 11 is 11.8. The van der Waals surface area contributed by atoms with Crippen molar-refractivity contribution in [2.45, 2.75) is 0 Å². The summed E-state index contributed by atoms with van der Waals surface area (Å²) in [5.41, 5.74) is 0.508. The first-order valence-electron chi connectivity index (χ1n) is 7.37. The number of quaternary nitrogens is 1. The van der Waals surface area contributed by atoms with Crippen molar-refractivity contribution in [1.29, 1.82) is 0 Å². The second-order valence-corrected chi connectivity index (χ2v) is 6.32. The van der Waals surface area contributed by atoms with Gasteiger partial charge in [-0.25, -0.2) is 0 Å². The van der Waals surface area contributed by atoms with E-state index in [2.05, 4.69) is 5.32 Å². The molecule has 2 rings (SSSR count). The van der Waals surface area contributed by atoms with E-state index in [0.717, 1.165) is 4.90 Å². The van der Waals surface area contributed by atoms with Gasteiger partial charge in [-0.15, -0.1) is 0 Å². The third-order valence-corrected chi connectivity index (χ3v) is 4.03. The van der Waals surface area contributed by atoms with Crippen LogP contribution in [0.3, 0.4) is 0 Å². The maximum absolute atomic E-state index is 12.1. The van der Waals surface area contributed by atoms with Crippen molar-refractivity contribution in [2.24, 2.45) is 0 Å².